The lowest BCUT2D eigenvalue weighted by atomic mass is 9.94. The predicted molar refractivity (Wildman–Crippen MR) is 88.9 cm³/mol. The standard InChI is InChI=1S/C15H30O14/c16-1-4(19)7(21)9(23)11(25)12(26)14(5(20)2-17)29-15-13(27)10(24)8(22)6(3-18)28-15/h4-27H,1-3H2/t4?,5?,6-,7?,8-,9?,10+,11?,12?,13-,14?,15+/m1/s1. The van der Waals surface area contributed by atoms with Crippen LogP contribution in [0.15, 0.2) is 0 Å². The fourth-order valence-corrected chi connectivity index (χ4v) is 2.77. The molecule has 1 aliphatic rings. The molecule has 0 amide bonds. The summed E-state index contributed by atoms with van der Waals surface area (Å²) in [7, 11) is 0. The maximum Gasteiger partial charge on any atom is 0.187 e. The third-order valence-electron chi connectivity index (χ3n) is 4.67. The van der Waals surface area contributed by atoms with Crippen LogP contribution in [0.2, 0.25) is 0 Å². The Hall–Kier alpha value is -0.560. The quantitative estimate of drug-likeness (QED) is 0.144. The minimum absolute atomic E-state index is 0.798. The van der Waals surface area contributed by atoms with E-state index in [9.17, 15) is 46.0 Å². The highest BCUT2D eigenvalue weighted by Gasteiger charge is 2.47. The highest BCUT2D eigenvalue weighted by atomic mass is 16.7. The van der Waals surface area contributed by atoms with Crippen LogP contribution in [0.1, 0.15) is 0 Å². The molecular weight excluding hydrogens is 404 g/mol. The largest absolute Gasteiger partial charge is 0.394 e. The van der Waals surface area contributed by atoms with Crippen LogP contribution in [0.25, 0.3) is 0 Å². The lowest BCUT2D eigenvalue weighted by Gasteiger charge is -2.42. The number of hydrogen-bond acceptors (Lipinski definition) is 14. The monoisotopic (exact) mass is 434 g/mol. The van der Waals surface area contributed by atoms with Crippen molar-refractivity contribution in [2.75, 3.05) is 19.8 Å². The van der Waals surface area contributed by atoms with E-state index in [2.05, 4.69) is 0 Å². The van der Waals surface area contributed by atoms with Gasteiger partial charge in [-0.3, -0.25) is 0 Å². The molecule has 29 heavy (non-hydrogen) atoms. The highest BCUT2D eigenvalue weighted by molar-refractivity contribution is 4.93. The fraction of sp³-hybridized carbons (Fsp3) is 1.00. The number of ether oxygens (including phenoxy) is 2. The molecule has 12 N–H and O–H groups in total. The van der Waals surface area contributed by atoms with Gasteiger partial charge >= 0.3 is 0 Å². The molecule has 174 valence electrons. The van der Waals surface area contributed by atoms with E-state index < -0.39 is 93.3 Å². The lowest BCUT2D eigenvalue weighted by Crippen LogP contribution is -2.62. The van der Waals surface area contributed by atoms with Gasteiger partial charge in [-0.15, -0.1) is 0 Å². The molecule has 0 aromatic heterocycles. The van der Waals surface area contributed by atoms with Crippen LogP contribution in [0, 0.1) is 0 Å². The molecule has 7 unspecified atom stereocenters. The zero-order valence-electron chi connectivity index (χ0n) is 15.2. The molecule has 12 atom stereocenters. The molecule has 1 heterocycles. The first-order chi connectivity index (χ1) is 13.5. The Morgan fingerprint density at radius 1 is 0.655 bits per heavy atom. The van der Waals surface area contributed by atoms with Gasteiger partial charge in [-0.1, -0.05) is 0 Å². The van der Waals surface area contributed by atoms with Gasteiger partial charge in [0, 0.05) is 0 Å². The summed E-state index contributed by atoms with van der Waals surface area (Å²) in [5, 5.41) is 116. The number of rotatable bonds is 11. The van der Waals surface area contributed by atoms with Gasteiger partial charge in [0.1, 0.15) is 67.1 Å². The van der Waals surface area contributed by atoms with Crippen LogP contribution in [0.3, 0.4) is 0 Å². The number of hydrogen-bond donors (Lipinski definition) is 12. The summed E-state index contributed by atoms with van der Waals surface area (Å²) in [6.07, 6.45) is -23.4. The molecule has 14 heteroatoms. The first-order valence-electron chi connectivity index (χ1n) is 8.77. The molecular formula is C15H30O14. The number of aliphatic hydroxyl groups excluding tert-OH is 12. The van der Waals surface area contributed by atoms with Gasteiger partial charge in [0.05, 0.1) is 19.8 Å². The van der Waals surface area contributed by atoms with E-state index in [0.29, 0.717) is 0 Å². The van der Waals surface area contributed by atoms with E-state index in [4.69, 9.17) is 24.8 Å². The van der Waals surface area contributed by atoms with E-state index in [1.807, 2.05) is 0 Å². The van der Waals surface area contributed by atoms with Crippen molar-refractivity contribution >= 4 is 0 Å². The molecule has 0 aromatic carbocycles. The van der Waals surface area contributed by atoms with Gasteiger partial charge in [-0.25, -0.2) is 0 Å². The van der Waals surface area contributed by atoms with Gasteiger partial charge in [-0.05, 0) is 0 Å². The second kappa shape index (κ2) is 11.7. The highest BCUT2D eigenvalue weighted by Crippen LogP contribution is 2.25. The lowest BCUT2D eigenvalue weighted by molar-refractivity contribution is -0.328. The topological polar surface area (TPSA) is 261 Å². The summed E-state index contributed by atoms with van der Waals surface area (Å²) in [4.78, 5) is 0. The fourth-order valence-electron chi connectivity index (χ4n) is 2.77. The second-order valence-corrected chi connectivity index (χ2v) is 6.76. The van der Waals surface area contributed by atoms with Gasteiger partial charge in [0.25, 0.3) is 0 Å². The van der Waals surface area contributed by atoms with Crippen molar-refractivity contribution in [1.29, 1.82) is 0 Å². The Kier molecular flexibility index (Phi) is 10.7. The van der Waals surface area contributed by atoms with Crippen LogP contribution in [-0.2, 0) is 9.47 Å². The van der Waals surface area contributed by atoms with Crippen molar-refractivity contribution < 1.29 is 70.8 Å². The molecule has 0 saturated carbocycles. The molecule has 1 aliphatic heterocycles. The molecule has 0 bridgehead atoms. The van der Waals surface area contributed by atoms with Crippen LogP contribution < -0.4 is 0 Å². The SMILES string of the molecule is OCC(O)C(O)C(O)C(O)C(O)C(O[C@@H]1O[C@H](CO)[C@@H](O)[C@H](O)[C@H]1O)C(O)CO. The second-order valence-electron chi connectivity index (χ2n) is 6.76. The maximum absolute atomic E-state index is 10.3. The van der Waals surface area contributed by atoms with Gasteiger partial charge in [0.2, 0.25) is 0 Å². The summed E-state index contributed by atoms with van der Waals surface area (Å²) < 4.78 is 10.2. The average molecular weight is 434 g/mol. The molecule has 14 nitrogen and oxygen atoms in total. The summed E-state index contributed by atoms with van der Waals surface area (Å²) in [6, 6.07) is 0. The van der Waals surface area contributed by atoms with Crippen molar-refractivity contribution in [3.8, 4) is 0 Å². The first kappa shape index (κ1) is 26.5. The van der Waals surface area contributed by atoms with Crippen LogP contribution >= 0.6 is 0 Å². The van der Waals surface area contributed by atoms with E-state index in [1.165, 1.54) is 0 Å². The summed E-state index contributed by atoms with van der Waals surface area (Å²) in [5.41, 5.74) is 0. The summed E-state index contributed by atoms with van der Waals surface area (Å²) in [6.45, 7) is -2.82. The van der Waals surface area contributed by atoms with Crippen molar-refractivity contribution in [2.24, 2.45) is 0 Å². The van der Waals surface area contributed by atoms with Crippen molar-refractivity contribution in [2.45, 2.75) is 73.4 Å². The predicted octanol–water partition coefficient (Wildman–Crippen LogP) is -7.68. The zero-order chi connectivity index (χ0) is 22.5. The van der Waals surface area contributed by atoms with Crippen LogP contribution in [0.4, 0.5) is 0 Å². The molecule has 0 spiro atoms. The van der Waals surface area contributed by atoms with Crippen molar-refractivity contribution in [1.82, 2.24) is 0 Å². The van der Waals surface area contributed by atoms with E-state index >= 15 is 0 Å². The molecule has 0 radical (unpaired) electrons. The smallest absolute Gasteiger partial charge is 0.187 e. The molecule has 0 aliphatic carbocycles. The minimum Gasteiger partial charge on any atom is -0.394 e. The third kappa shape index (κ3) is 6.22. The Labute approximate surface area is 165 Å². The molecule has 1 fully saturated rings. The van der Waals surface area contributed by atoms with E-state index in [1.54, 1.807) is 0 Å². The van der Waals surface area contributed by atoms with Crippen molar-refractivity contribution in [3.05, 3.63) is 0 Å². The Morgan fingerprint density at radius 2 is 1.17 bits per heavy atom. The minimum atomic E-state index is -2.29. The molecule has 0 aromatic rings. The van der Waals surface area contributed by atoms with Gasteiger partial charge in [-0.2, -0.15) is 0 Å². The van der Waals surface area contributed by atoms with Crippen LogP contribution in [-0.4, -0.2) is 155 Å². The van der Waals surface area contributed by atoms with E-state index in [-0.39, 0.29) is 0 Å². The molecule has 1 rings (SSSR count). The van der Waals surface area contributed by atoms with Gasteiger partial charge < -0.3 is 70.8 Å². The number of aliphatic hydroxyl groups is 12. The maximum atomic E-state index is 10.3. The zero-order valence-corrected chi connectivity index (χ0v) is 15.2. The Morgan fingerprint density at radius 3 is 1.66 bits per heavy atom. The summed E-state index contributed by atoms with van der Waals surface area (Å²) in [5.74, 6) is 0. The Bertz CT molecular complexity index is 466. The van der Waals surface area contributed by atoms with Crippen molar-refractivity contribution in [3.63, 3.8) is 0 Å². The first-order valence-corrected chi connectivity index (χ1v) is 8.77. The average Bonchev–Trinajstić information content (AvgIpc) is 2.73. The third-order valence-corrected chi connectivity index (χ3v) is 4.67. The normalized spacial score (nSPS) is 35.4. The van der Waals surface area contributed by atoms with Crippen LogP contribution in [0.5, 0.6) is 0 Å². The van der Waals surface area contributed by atoms with Gasteiger partial charge in [0.15, 0.2) is 6.29 Å². The summed E-state index contributed by atoms with van der Waals surface area (Å²) >= 11 is 0. The van der Waals surface area contributed by atoms with E-state index in [0.717, 1.165) is 0 Å². The Balaban J connectivity index is 2.98. The molecule has 1 saturated heterocycles.